The Morgan fingerprint density at radius 3 is 2.76 bits per heavy atom. The largest absolute Gasteiger partial charge is 0.492 e. The number of nitrogens with zero attached hydrogens (tertiary/aromatic N) is 1. The fourth-order valence-corrected chi connectivity index (χ4v) is 4.08. The maximum Gasteiger partial charge on any atom is 0.254 e. The molecule has 0 saturated heterocycles. The molecule has 0 aliphatic heterocycles. The topological polar surface area (TPSA) is 51.2 Å². The van der Waals surface area contributed by atoms with Gasteiger partial charge in [-0.3, -0.25) is 4.79 Å². The molecule has 1 aliphatic rings. The van der Waals surface area contributed by atoms with Gasteiger partial charge >= 0.3 is 0 Å². The van der Waals surface area contributed by atoms with Crippen LogP contribution in [0.5, 0.6) is 5.75 Å². The van der Waals surface area contributed by atoms with Crippen molar-refractivity contribution >= 4 is 17.7 Å². The van der Waals surface area contributed by atoms with Crippen LogP contribution in [0.1, 0.15) is 36.0 Å². The molecule has 25 heavy (non-hydrogen) atoms. The Balaban J connectivity index is 1.50. The third kappa shape index (κ3) is 5.19. The summed E-state index contributed by atoms with van der Waals surface area (Å²) in [6, 6.07) is 9.40. The van der Waals surface area contributed by atoms with Crippen molar-refractivity contribution in [2.45, 2.75) is 36.0 Å². The summed E-state index contributed by atoms with van der Waals surface area (Å²) in [4.78, 5) is 16.8. The molecule has 1 aromatic carbocycles. The SMILES string of the molecule is O=C(NCCOc1ccc(F)cc1)c1cccnc1SC1CCCC1. The van der Waals surface area contributed by atoms with Crippen molar-refractivity contribution in [2.24, 2.45) is 0 Å². The lowest BCUT2D eigenvalue weighted by atomic mass is 10.2. The number of pyridine rings is 1. The predicted molar refractivity (Wildman–Crippen MR) is 96.6 cm³/mol. The van der Waals surface area contributed by atoms with E-state index in [2.05, 4.69) is 10.3 Å². The minimum absolute atomic E-state index is 0.142. The van der Waals surface area contributed by atoms with Gasteiger partial charge in [-0.05, 0) is 49.2 Å². The monoisotopic (exact) mass is 360 g/mol. The van der Waals surface area contributed by atoms with Gasteiger partial charge in [-0.25, -0.2) is 9.37 Å². The molecule has 0 radical (unpaired) electrons. The van der Waals surface area contributed by atoms with E-state index in [1.807, 2.05) is 0 Å². The Labute approximate surface area is 151 Å². The summed E-state index contributed by atoms with van der Waals surface area (Å²) in [7, 11) is 0. The van der Waals surface area contributed by atoms with Crippen LogP contribution in [0.15, 0.2) is 47.6 Å². The number of nitrogens with one attached hydrogen (secondary N) is 1. The molecular formula is C19H21FN2O2S. The number of aromatic nitrogens is 1. The lowest BCUT2D eigenvalue weighted by Gasteiger charge is -2.12. The average molecular weight is 360 g/mol. The number of ether oxygens (including phenoxy) is 1. The van der Waals surface area contributed by atoms with Crippen LogP contribution in [0.2, 0.25) is 0 Å². The third-order valence-electron chi connectivity index (χ3n) is 4.07. The number of rotatable bonds is 7. The Hall–Kier alpha value is -2.08. The molecule has 1 amide bonds. The molecule has 1 aromatic heterocycles. The smallest absolute Gasteiger partial charge is 0.254 e. The van der Waals surface area contributed by atoms with E-state index in [4.69, 9.17) is 4.74 Å². The number of hydrogen-bond acceptors (Lipinski definition) is 4. The Kier molecular flexibility index (Phi) is 6.28. The van der Waals surface area contributed by atoms with Crippen LogP contribution in [0.4, 0.5) is 4.39 Å². The van der Waals surface area contributed by atoms with Gasteiger partial charge in [0.1, 0.15) is 23.2 Å². The summed E-state index contributed by atoms with van der Waals surface area (Å²) < 4.78 is 18.3. The second kappa shape index (κ2) is 8.85. The van der Waals surface area contributed by atoms with Crippen LogP contribution < -0.4 is 10.1 Å². The normalized spacial score (nSPS) is 14.4. The highest BCUT2D eigenvalue weighted by atomic mass is 32.2. The first-order chi connectivity index (χ1) is 12.2. The first-order valence-corrected chi connectivity index (χ1v) is 9.38. The number of benzene rings is 1. The minimum Gasteiger partial charge on any atom is -0.492 e. The summed E-state index contributed by atoms with van der Waals surface area (Å²) in [5.41, 5.74) is 0.612. The molecule has 0 unspecified atom stereocenters. The van der Waals surface area contributed by atoms with Crippen molar-refractivity contribution in [1.29, 1.82) is 0 Å². The lowest BCUT2D eigenvalue weighted by Crippen LogP contribution is -2.28. The summed E-state index contributed by atoms with van der Waals surface area (Å²) in [6.07, 6.45) is 6.62. The maximum absolute atomic E-state index is 12.8. The number of halogens is 1. The first kappa shape index (κ1) is 17.7. The van der Waals surface area contributed by atoms with Gasteiger partial charge in [-0.1, -0.05) is 12.8 Å². The summed E-state index contributed by atoms with van der Waals surface area (Å²) in [5, 5.41) is 4.21. The van der Waals surface area contributed by atoms with Crippen molar-refractivity contribution < 1.29 is 13.9 Å². The molecule has 132 valence electrons. The number of carbonyl (C=O) groups excluding carboxylic acids is 1. The van der Waals surface area contributed by atoms with Crippen LogP contribution in [0.25, 0.3) is 0 Å². The van der Waals surface area contributed by atoms with Crippen molar-refractivity contribution in [2.75, 3.05) is 13.2 Å². The van der Waals surface area contributed by atoms with E-state index >= 15 is 0 Å². The van der Waals surface area contributed by atoms with Crippen molar-refractivity contribution in [3.05, 3.63) is 54.0 Å². The highest BCUT2D eigenvalue weighted by Crippen LogP contribution is 2.35. The van der Waals surface area contributed by atoms with Crippen LogP contribution in [0.3, 0.4) is 0 Å². The number of thioether (sulfide) groups is 1. The maximum atomic E-state index is 12.8. The molecule has 0 atom stereocenters. The molecule has 3 rings (SSSR count). The molecule has 0 spiro atoms. The fraction of sp³-hybridized carbons (Fsp3) is 0.368. The molecule has 1 saturated carbocycles. The Morgan fingerprint density at radius 1 is 1.24 bits per heavy atom. The van der Waals surface area contributed by atoms with Gasteiger partial charge in [0, 0.05) is 11.4 Å². The van der Waals surface area contributed by atoms with E-state index in [1.54, 1.807) is 42.2 Å². The predicted octanol–water partition coefficient (Wildman–Crippen LogP) is 4.06. The second-order valence-electron chi connectivity index (χ2n) is 5.94. The van der Waals surface area contributed by atoms with Crippen LogP contribution in [0, 0.1) is 5.82 Å². The molecule has 2 aromatic rings. The highest BCUT2D eigenvalue weighted by Gasteiger charge is 2.20. The van der Waals surface area contributed by atoms with E-state index < -0.39 is 0 Å². The van der Waals surface area contributed by atoms with E-state index in [0.717, 1.165) is 5.03 Å². The zero-order valence-corrected chi connectivity index (χ0v) is 14.7. The molecule has 1 N–H and O–H groups in total. The van der Waals surface area contributed by atoms with Crippen LogP contribution >= 0.6 is 11.8 Å². The van der Waals surface area contributed by atoms with Gasteiger partial charge in [0.2, 0.25) is 0 Å². The summed E-state index contributed by atoms with van der Waals surface area (Å²) in [6.45, 7) is 0.696. The van der Waals surface area contributed by atoms with Crippen molar-refractivity contribution in [3.8, 4) is 5.75 Å². The van der Waals surface area contributed by atoms with Gasteiger partial charge in [0.25, 0.3) is 5.91 Å². The van der Waals surface area contributed by atoms with E-state index in [-0.39, 0.29) is 11.7 Å². The molecule has 4 nitrogen and oxygen atoms in total. The van der Waals surface area contributed by atoms with Crippen molar-refractivity contribution in [3.63, 3.8) is 0 Å². The molecule has 1 fully saturated rings. The lowest BCUT2D eigenvalue weighted by molar-refractivity contribution is 0.0943. The fourth-order valence-electron chi connectivity index (χ4n) is 2.78. The molecule has 6 heteroatoms. The van der Waals surface area contributed by atoms with Crippen molar-refractivity contribution in [1.82, 2.24) is 10.3 Å². The zero-order valence-electron chi connectivity index (χ0n) is 13.9. The Morgan fingerprint density at radius 2 is 2.00 bits per heavy atom. The van der Waals surface area contributed by atoms with Crippen LogP contribution in [-0.4, -0.2) is 29.3 Å². The van der Waals surface area contributed by atoms with Gasteiger partial charge in [0.05, 0.1) is 12.1 Å². The standard InChI is InChI=1S/C19H21FN2O2S/c20-14-7-9-15(10-8-14)24-13-12-21-18(23)17-6-3-11-22-19(17)25-16-4-1-2-5-16/h3,6-11,16H,1-2,4-5,12-13H2,(H,21,23). The molecule has 1 heterocycles. The van der Waals surface area contributed by atoms with Gasteiger partial charge in [0.15, 0.2) is 0 Å². The molecule has 1 aliphatic carbocycles. The third-order valence-corrected chi connectivity index (χ3v) is 5.42. The number of carbonyl (C=O) groups is 1. The molecule has 0 bridgehead atoms. The quantitative estimate of drug-likeness (QED) is 0.757. The van der Waals surface area contributed by atoms with Gasteiger partial charge in [-0.15, -0.1) is 11.8 Å². The zero-order chi connectivity index (χ0) is 17.5. The Bertz CT molecular complexity index is 703. The second-order valence-corrected chi connectivity index (χ2v) is 7.23. The molecular weight excluding hydrogens is 339 g/mol. The van der Waals surface area contributed by atoms with Crippen LogP contribution in [-0.2, 0) is 0 Å². The minimum atomic E-state index is -0.301. The van der Waals surface area contributed by atoms with E-state index in [1.165, 1.54) is 37.8 Å². The first-order valence-electron chi connectivity index (χ1n) is 8.50. The highest BCUT2D eigenvalue weighted by molar-refractivity contribution is 7.99. The summed E-state index contributed by atoms with van der Waals surface area (Å²) in [5.74, 6) is 0.135. The van der Waals surface area contributed by atoms with Gasteiger partial charge in [-0.2, -0.15) is 0 Å². The van der Waals surface area contributed by atoms with E-state index in [0.29, 0.717) is 29.7 Å². The number of amides is 1. The van der Waals surface area contributed by atoms with E-state index in [9.17, 15) is 9.18 Å². The van der Waals surface area contributed by atoms with Gasteiger partial charge < -0.3 is 10.1 Å². The number of hydrogen-bond donors (Lipinski definition) is 1. The summed E-state index contributed by atoms with van der Waals surface area (Å²) >= 11 is 1.70. The average Bonchev–Trinajstić information content (AvgIpc) is 3.13.